The monoisotopic (exact) mass is 609 g/mol. The molecule has 4 aromatic carbocycles. The van der Waals surface area contributed by atoms with Gasteiger partial charge in [0, 0.05) is 18.6 Å². The Hall–Kier alpha value is -5.14. The van der Waals surface area contributed by atoms with Gasteiger partial charge in [0.15, 0.2) is 0 Å². The molecule has 0 radical (unpaired) electrons. The maximum atomic E-state index is 14.4. The first-order valence-electron chi connectivity index (χ1n) is 14.9. The van der Waals surface area contributed by atoms with Crippen molar-refractivity contribution in [1.29, 1.82) is 0 Å². The van der Waals surface area contributed by atoms with E-state index < -0.39 is 10.8 Å². The molecule has 6 nitrogen and oxygen atoms in total. The van der Waals surface area contributed by atoms with Gasteiger partial charge in [0.05, 0.1) is 10.9 Å². The number of carbonyl (C=O) groups is 2. The Bertz CT molecular complexity index is 1860. The average Bonchev–Trinajstić information content (AvgIpc) is 3.56. The van der Waals surface area contributed by atoms with Crippen molar-refractivity contribution in [3.63, 3.8) is 0 Å². The zero-order chi connectivity index (χ0) is 30.8. The number of amides is 2. The number of fused-ring (bicyclic) bond motifs is 1. The van der Waals surface area contributed by atoms with Gasteiger partial charge in [-0.05, 0) is 59.0 Å². The van der Waals surface area contributed by atoms with Crippen molar-refractivity contribution in [2.45, 2.75) is 23.8 Å². The molecule has 3 heterocycles. The lowest BCUT2D eigenvalue weighted by Gasteiger charge is -2.42. The molecule has 1 aliphatic heterocycles. The summed E-state index contributed by atoms with van der Waals surface area (Å²) in [5, 5.41) is 0.265. The van der Waals surface area contributed by atoms with Crippen molar-refractivity contribution in [2.24, 2.45) is 7.05 Å². The summed E-state index contributed by atoms with van der Waals surface area (Å²) in [4.78, 5) is 34.3. The normalized spacial score (nSPS) is 15.1. The SMILES string of the molecule is Cn1c(COc2ccc(CC3SC(=O)N(C(c4ccccc4)(c4ccccc4)c4ccccc4)C3=O)cc2)cc2cccnc21. The summed E-state index contributed by atoms with van der Waals surface area (Å²) in [5.74, 6) is 0.530. The zero-order valence-electron chi connectivity index (χ0n) is 24.7. The second-order valence-electron chi connectivity index (χ2n) is 11.1. The Labute approximate surface area is 266 Å². The van der Waals surface area contributed by atoms with Gasteiger partial charge in [-0.25, -0.2) is 4.98 Å². The van der Waals surface area contributed by atoms with E-state index >= 15 is 0 Å². The standard InChI is InChI=1S/C38H31N3O3S/c1-40-32(25-28-12-11-23-39-35(28)40)26-44-33-21-19-27(20-22-33)24-34-36(42)41(37(43)45-34)38(29-13-5-2-6-14-29,30-15-7-3-8-16-30)31-17-9-4-10-18-31/h2-23,25,34H,24,26H2,1H3. The highest BCUT2D eigenvalue weighted by Gasteiger charge is 2.53. The number of aromatic nitrogens is 2. The Morgan fingerprint density at radius 2 is 1.33 bits per heavy atom. The number of hydrogen-bond donors (Lipinski definition) is 0. The number of pyridine rings is 1. The van der Waals surface area contributed by atoms with Gasteiger partial charge in [0.1, 0.15) is 23.5 Å². The van der Waals surface area contributed by atoms with E-state index in [0.29, 0.717) is 13.0 Å². The summed E-state index contributed by atoms with van der Waals surface area (Å²) in [6.07, 6.45) is 2.21. The van der Waals surface area contributed by atoms with Crippen LogP contribution in [0, 0.1) is 0 Å². The largest absolute Gasteiger partial charge is 0.487 e. The van der Waals surface area contributed by atoms with Crippen molar-refractivity contribution < 1.29 is 14.3 Å². The van der Waals surface area contributed by atoms with Crippen molar-refractivity contribution in [2.75, 3.05) is 0 Å². The third-order valence-corrected chi connectivity index (χ3v) is 9.49. The fourth-order valence-electron chi connectivity index (χ4n) is 6.26. The molecule has 0 N–H and O–H groups in total. The van der Waals surface area contributed by atoms with Crippen molar-refractivity contribution >= 4 is 33.9 Å². The lowest BCUT2D eigenvalue weighted by molar-refractivity contribution is -0.129. The minimum Gasteiger partial charge on any atom is -0.487 e. The molecule has 1 atom stereocenters. The van der Waals surface area contributed by atoms with Crippen LogP contribution in [0.5, 0.6) is 5.75 Å². The Morgan fingerprint density at radius 3 is 1.89 bits per heavy atom. The van der Waals surface area contributed by atoms with Crippen LogP contribution in [0.2, 0.25) is 0 Å². The third-order valence-electron chi connectivity index (χ3n) is 8.45. The highest BCUT2D eigenvalue weighted by atomic mass is 32.2. The first-order chi connectivity index (χ1) is 22.1. The number of aryl methyl sites for hydroxylation is 1. The van der Waals surface area contributed by atoms with Crippen molar-refractivity contribution in [1.82, 2.24) is 14.5 Å². The molecule has 1 fully saturated rings. The summed E-state index contributed by atoms with van der Waals surface area (Å²) in [5.41, 5.74) is 4.36. The van der Waals surface area contributed by atoms with Gasteiger partial charge in [-0.15, -0.1) is 0 Å². The Kier molecular flexibility index (Phi) is 7.69. The zero-order valence-corrected chi connectivity index (χ0v) is 25.6. The lowest BCUT2D eigenvalue weighted by atomic mass is 9.75. The smallest absolute Gasteiger partial charge is 0.290 e. The van der Waals surface area contributed by atoms with Crippen LogP contribution in [0.3, 0.4) is 0 Å². The van der Waals surface area contributed by atoms with Gasteiger partial charge >= 0.3 is 0 Å². The highest BCUT2D eigenvalue weighted by molar-refractivity contribution is 8.15. The predicted molar refractivity (Wildman–Crippen MR) is 178 cm³/mol. The van der Waals surface area contributed by atoms with Gasteiger partial charge < -0.3 is 9.30 Å². The molecule has 222 valence electrons. The second-order valence-corrected chi connectivity index (χ2v) is 12.3. The third kappa shape index (κ3) is 5.19. The Balaban J connectivity index is 1.15. The number of carbonyl (C=O) groups excluding carboxylic acids is 2. The van der Waals surface area contributed by atoms with E-state index in [-0.39, 0.29) is 11.1 Å². The molecule has 1 saturated heterocycles. The maximum absolute atomic E-state index is 14.4. The van der Waals surface area contributed by atoms with E-state index in [2.05, 4.69) is 11.1 Å². The number of nitrogens with zero attached hydrogens (tertiary/aromatic N) is 3. The van der Waals surface area contributed by atoms with E-state index in [1.165, 1.54) is 4.90 Å². The van der Waals surface area contributed by atoms with Crippen LogP contribution in [-0.2, 0) is 30.4 Å². The molecular weight excluding hydrogens is 579 g/mol. The molecule has 45 heavy (non-hydrogen) atoms. The number of benzene rings is 4. The molecule has 6 aromatic rings. The molecule has 0 spiro atoms. The van der Waals surface area contributed by atoms with Gasteiger partial charge in [0.25, 0.3) is 5.24 Å². The molecule has 1 aliphatic rings. The van der Waals surface area contributed by atoms with Gasteiger partial charge in [-0.1, -0.05) is 115 Å². The van der Waals surface area contributed by atoms with Crippen molar-refractivity contribution in [3.8, 4) is 5.75 Å². The molecule has 7 rings (SSSR count). The van der Waals surface area contributed by atoms with E-state index in [1.54, 1.807) is 6.20 Å². The molecule has 2 amide bonds. The number of thioether (sulfide) groups is 1. The maximum Gasteiger partial charge on any atom is 0.290 e. The van der Waals surface area contributed by atoms with Crippen molar-refractivity contribution in [3.05, 3.63) is 168 Å². The minimum atomic E-state index is -1.12. The summed E-state index contributed by atoms with van der Waals surface area (Å²) >= 11 is 1.10. The number of ether oxygens (including phenoxy) is 1. The van der Waals surface area contributed by atoms with Crippen LogP contribution in [0.4, 0.5) is 4.79 Å². The van der Waals surface area contributed by atoms with Crippen LogP contribution in [-0.4, -0.2) is 30.8 Å². The predicted octanol–water partition coefficient (Wildman–Crippen LogP) is 7.75. The van der Waals surface area contributed by atoms with E-state index in [0.717, 1.165) is 56.5 Å². The summed E-state index contributed by atoms with van der Waals surface area (Å²) in [6.45, 7) is 0.410. The quantitative estimate of drug-likeness (QED) is 0.157. The van der Waals surface area contributed by atoms with Gasteiger partial charge in [-0.3, -0.25) is 14.5 Å². The first-order valence-corrected chi connectivity index (χ1v) is 15.8. The van der Waals surface area contributed by atoms with Gasteiger partial charge in [0.2, 0.25) is 5.91 Å². The van der Waals surface area contributed by atoms with Crippen LogP contribution < -0.4 is 4.74 Å². The minimum absolute atomic E-state index is 0.203. The van der Waals surface area contributed by atoms with Crippen LogP contribution >= 0.6 is 11.8 Å². The average molecular weight is 610 g/mol. The first kappa shape index (κ1) is 28.6. The molecule has 0 aliphatic carbocycles. The van der Waals surface area contributed by atoms with E-state index in [1.807, 2.05) is 139 Å². The molecule has 2 aromatic heterocycles. The lowest BCUT2D eigenvalue weighted by Crippen LogP contribution is -2.51. The van der Waals surface area contributed by atoms with E-state index in [4.69, 9.17) is 4.74 Å². The van der Waals surface area contributed by atoms with Crippen LogP contribution in [0.15, 0.2) is 140 Å². The Morgan fingerprint density at radius 1 is 0.756 bits per heavy atom. The number of rotatable bonds is 9. The summed E-state index contributed by atoms with van der Waals surface area (Å²) in [7, 11) is 1.99. The number of hydrogen-bond acceptors (Lipinski definition) is 5. The topological polar surface area (TPSA) is 64.4 Å². The van der Waals surface area contributed by atoms with E-state index in [9.17, 15) is 9.59 Å². The molecule has 7 heteroatoms. The summed E-state index contributed by atoms with van der Waals surface area (Å²) in [6, 6.07) is 43.3. The fourth-order valence-corrected chi connectivity index (χ4v) is 7.32. The molecule has 1 unspecified atom stereocenters. The van der Waals surface area contributed by atoms with Gasteiger partial charge in [-0.2, -0.15) is 0 Å². The molecule has 0 saturated carbocycles. The van der Waals surface area contributed by atoms with Crippen LogP contribution in [0.25, 0.3) is 11.0 Å². The van der Waals surface area contributed by atoms with Crippen LogP contribution in [0.1, 0.15) is 27.9 Å². The summed E-state index contributed by atoms with van der Waals surface area (Å²) < 4.78 is 8.13. The molecule has 0 bridgehead atoms. The fraction of sp³-hybridized carbons (Fsp3) is 0.132. The number of imide groups is 1. The molecular formula is C38H31N3O3S. The highest BCUT2D eigenvalue weighted by Crippen LogP contribution is 2.47. The second kappa shape index (κ2) is 12.1.